The van der Waals surface area contributed by atoms with E-state index in [4.69, 9.17) is 4.42 Å². The Labute approximate surface area is 300 Å². The minimum atomic E-state index is 0.898. The molecule has 0 aliphatic heterocycles. The van der Waals surface area contributed by atoms with Crippen molar-refractivity contribution < 1.29 is 4.42 Å². The van der Waals surface area contributed by atoms with Gasteiger partial charge in [0.15, 0.2) is 0 Å². The standard InChI is InChI=1S/C48H31NOS/c1-3-11-32(12-4-1)35-15-9-16-38(29-35)49(39-26-28-47-44(31-39)41-17-7-8-20-46(41)51-47)37-24-21-33(22-25-37)36-23-27-45-43(30-36)42-19-10-18-40(48(42)50-45)34-13-5-2-6-14-34/h1-31H. The lowest BCUT2D eigenvalue weighted by molar-refractivity contribution is 0.670. The molecule has 0 unspecified atom stereocenters. The first-order valence-corrected chi connectivity index (χ1v) is 18.1. The monoisotopic (exact) mass is 669 g/mol. The second-order valence-corrected chi connectivity index (χ2v) is 14.0. The number of hydrogen-bond donors (Lipinski definition) is 0. The lowest BCUT2D eigenvalue weighted by Gasteiger charge is -2.26. The summed E-state index contributed by atoms with van der Waals surface area (Å²) in [4.78, 5) is 2.37. The van der Waals surface area contributed by atoms with E-state index >= 15 is 0 Å². The predicted octanol–water partition coefficient (Wildman–Crippen LogP) is 14.4. The SMILES string of the molecule is c1ccc(-c2cccc(N(c3ccc(-c4ccc5oc6c(-c7ccccc7)cccc6c5c4)cc3)c3ccc4sc5ccccc5c4c3)c2)cc1. The smallest absolute Gasteiger partial charge is 0.143 e. The number of rotatable bonds is 6. The molecule has 0 N–H and O–H groups in total. The van der Waals surface area contributed by atoms with Crippen LogP contribution in [0.3, 0.4) is 0 Å². The van der Waals surface area contributed by atoms with Crippen molar-refractivity contribution in [1.29, 1.82) is 0 Å². The van der Waals surface area contributed by atoms with Crippen molar-refractivity contribution in [3.8, 4) is 33.4 Å². The number of para-hydroxylation sites is 1. The van der Waals surface area contributed by atoms with E-state index in [1.165, 1.54) is 31.3 Å². The summed E-state index contributed by atoms with van der Waals surface area (Å²) in [6, 6.07) is 67.4. The summed E-state index contributed by atoms with van der Waals surface area (Å²) in [7, 11) is 0. The fraction of sp³-hybridized carbons (Fsp3) is 0. The fourth-order valence-corrected chi connectivity index (χ4v) is 8.47. The molecule has 0 saturated carbocycles. The molecule has 2 aromatic heterocycles. The quantitative estimate of drug-likeness (QED) is 0.175. The molecule has 0 radical (unpaired) electrons. The Kier molecular flexibility index (Phi) is 7.04. The maximum atomic E-state index is 6.46. The Bertz CT molecular complexity index is 2850. The van der Waals surface area contributed by atoms with Gasteiger partial charge in [-0.25, -0.2) is 0 Å². The summed E-state index contributed by atoms with van der Waals surface area (Å²) in [5.41, 5.74) is 12.1. The van der Waals surface area contributed by atoms with Gasteiger partial charge < -0.3 is 9.32 Å². The summed E-state index contributed by atoms with van der Waals surface area (Å²) >= 11 is 1.85. The molecule has 2 nitrogen and oxygen atoms in total. The highest BCUT2D eigenvalue weighted by Gasteiger charge is 2.17. The van der Waals surface area contributed by atoms with E-state index in [-0.39, 0.29) is 0 Å². The molecule has 0 aliphatic rings. The Hall–Kier alpha value is -6.42. The average Bonchev–Trinajstić information content (AvgIpc) is 3.77. The Morgan fingerprint density at radius 3 is 1.80 bits per heavy atom. The summed E-state index contributed by atoms with van der Waals surface area (Å²) in [6.45, 7) is 0. The number of hydrogen-bond acceptors (Lipinski definition) is 3. The van der Waals surface area contributed by atoms with Crippen molar-refractivity contribution in [1.82, 2.24) is 0 Å². The van der Waals surface area contributed by atoms with Gasteiger partial charge in [0.2, 0.25) is 0 Å². The zero-order chi connectivity index (χ0) is 33.7. The van der Waals surface area contributed by atoms with Crippen molar-refractivity contribution in [3.05, 3.63) is 188 Å². The zero-order valence-corrected chi connectivity index (χ0v) is 28.5. The van der Waals surface area contributed by atoms with Crippen LogP contribution in [-0.4, -0.2) is 0 Å². The minimum absolute atomic E-state index is 0.898. The molecule has 0 saturated heterocycles. The van der Waals surface area contributed by atoms with Gasteiger partial charge in [0.05, 0.1) is 0 Å². The van der Waals surface area contributed by atoms with Crippen LogP contribution in [0.1, 0.15) is 0 Å². The average molecular weight is 670 g/mol. The molecule has 0 fully saturated rings. The van der Waals surface area contributed by atoms with Crippen molar-refractivity contribution in [3.63, 3.8) is 0 Å². The Balaban J connectivity index is 1.08. The van der Waals surface area contributed by atoms with E-state index in [0.29, 0.717) is 0 Å². The highest BCUT2D eigenvalue weighted by molar-refractivity contribution is 7.25. The zero-order valence-electron chi connectivity index (χ0n) is 27.7. The molecular weight excluding hydrogens is 639 g/mol. The molecule has 0 spiro atoms. The molecule has 3 heteroatoms. The van der Waals surface area contributed by atoms with Crippen LogP contribution in [0.2, 0.25) is 0 Å². The number of anilines is 3. The Morgan fingerprint density at radius 2 is 0.961 bits per heavy atom. The number of nitrogens with zero attached hydrogens (tertiary/aromatic N) is 1. The number of furan rings is 1. The van der Waals surface area contributed by atoms with Gasteiger partial charge in [-0.2, -0.15) is 0 Å². The molecule has 0 bridgehead atoms. The van der Waals surface area contributed by atoms with Gasteiger partial charge in [-0.3, -0.25) is 0 Å². The summed E-state index contributed by atoms with van der Waals surface area (Å²) in [5.74, 6) is 0. The van der Waals surface area contributed by atoms with Crippen LogP contribution < -0.4 is 4.90 Å². The van der Waals surface area contributed by atoms with Crippen LogP contribution >= 0.6 is 11.3 Å². The molecule has 240 valence electrons. The van der Waals surface area contributed by atoms with Crippen LogP contribution in [-0.2, 0) is 0 Å². The summed E-state index contributed by atoms with van der Waals surface area (Å²) in [6.07, 6.45) is 0. The molecule has 10 rings (SSSR count). The van der Waals surface area contributed by atoms with Crippen molar-refractivity contribution >= 4 is 70.5 Å². The lowest BCUT2D eigenvalue weighted by Crippen LogP contribution is -2.10. The normalized spacial score (nSPS) is 11.5. The summed E-state index contributed by atoms with van der Waals surface area (Å²) in [5, 5.41) is 4.83. The van der Waals surface area contributed by atoms with Gasteiger partial charge in [0.25, 0.3) is 0 Å². The van der Waals surface area contributed by atoms with Gasteiger partial charge >= 0.3 is 0 Å². The third kappa shape index (κ3) is 5.18. The van der Waals surface area contributed by atoms with Gasteiger partial charge in [0, 0.05) is 53.6 Å². The molecule has 51 heavy (non-hydrogen) atoms. The first-order chi connectivity index (χ1) is 25.3. The minimum Gasteiger partial charge on any atom is -0.455 e. The van der Waals surface area contributed by atoms with Crippen LogP contribution in [0.4, 0.5) is 17.1 Å². The molecular formula is C48H31NOS. The van der Waals surface area contributed by atoms with E-state index in [9.17, 15) is 0 Å². The van der Waals surface area contributed by atoms with Crippen molar-refractivity contribution in [2.24, 2.45) is 0 Å². The highest BCUT2D eigenvalue weighted by atomic mass is 32.1. The van der Waals surface area contributed by atoms with Crippen LogP contribution in [0.25, 0.3) is 75.5 Å². The molecule has 2 heterocycles. The molecule has 0 aliphatic carbocycles. The van der Waals surface area contributed by atoms with Crippen molar-refractivity contribution in [2.75, 3.05) is 4.90 Å². The molecule has 0 amide bonds. The van der Waals surface area contributed by atoms with Gasteiger partial charge in [-0.05, 0) is 88.5 Å². The van der Waals surface area contributed by atoms with Crippen LogP contribution in [0, 0.1) is 0 Å². The van der Waals surface area contributed by atoms with Crippen LogP contribution in [0.15, 0.2) is 192 Å². The van der Waals surface area contributed by atoms with Crippen molar-refractivity contribution in [2.45, 2.75) is 0 Å². The van der Waals surface area contributed by atoms with E-state index < -0.39 is 0 Å². The predicted molar refractivity (Wildman–Crippen MR) is 218 cm³/mol. The first kappa shape index (κ1) is 29.5. The molecule has 0 atom stereocenters. The maximum Gasteiger partial charge on any atom is 0.143 e. The van der Waals surface area contributed by atoms with E-state index in [1.54, 1.807) is 0 Å². The second-order valence-electron chi connectivity index (χ2n) is 12.9. The fourth-order valence-electron chi connectivity index (χ4n) is 7.38. The Morgan fingerprint density at radius 1 is 0.353 bits per heavy atom. The number of fused-ring (bicyclic) bond motifs is 6. The first-order valence-electron chi connectivity index (χ1n) is 17.2. The third-order valence-corrected chi connectivity index (χ3v) is 11.0. The largest absolute Gasteiger partial charge is 0.455 e. The highest BCUT2D eigenvalue weighted by Crippen LogP contribution is 2.42. The topological polar surface area (TPSA) is 16.4 Å². The second kappa shape index (κ2) is 12.2. The summed E-state index contributed by atoms with van der Waals surface area (Å²) < 4.78 is 9.07. The third-order valence-electron chi connectivity index (χ3n) is 9.87. The number of thiophene rings is 1. The van der Waals surface area contributed by atoms with E-state index in [0.717, 1.165) is 61.3 Å². The van der Waals surface area contributed by atoms with Gasteiger partial charge in [-0.1, -0.05) is 127 Å². The van der Waals surface area contributed by atoms with Gasteiger partial charge in [0.1, 0.15) is 11.2 Å². The lowest BCUT2D eigenvalue weighted by atomic mass is 10.00. The molecule has 8 aromatic carbocycles. The number of benzene rings is 8. The maximum absolute atomic E-state index is 6.46. The molecule has 10 aromatic rings. The van der Waals surface area contributed by atoms with E-state index in [2.05, 4.69) is 187 Å². The van der Waals surface area contributed by atoms with Crippen LogP contribution in [0.5, 0.6) is 0 Å². The van der Waals surface area contributed by atoms with E-state index in [1.807, 2.05) is 17.4 Å². The van der Waals surface area contributed by atoms with Gasteiger partial charge in [-0.15, -0.1) is 11.3 Å².